The molecular formula is C12H9N5O2S. The molecule has 0 fully saturated rings. The van der Waals surface area contributed by atoms with Gasteiger partial charge in [0.1, 0.15) is 22.6 Å². The van der Waals surface area contributed by atoms with Gasteiger partial charge in [-0.3, -0.25) is 9.40 Å². The average molecular weight is 287 g/mol. The van der Waals surface area contributed by atoms with Crippen molar-refractivity contribution in [2.75, 3.05) is 4.72 Å². The number of aromatic nitrogens is 2. The molecule has 2 rings (SSSR count). The Bertz CT molecular complexity index is 839. The number of hydrogen-bond acceptors (Lipinski definition) is 5. The van der Waals surface area contributed by atoms with Crippen LogP contribution >= 0.6 is 0 Å². The Kier molecular flexibility index (Phi) is 3.42. The lowest BCUT2D eigenvalue weighted by atomic mass is 10.2. The summed E-state index contributed by atoms with van der Waals surface area (Å²) in [5, 5.41) is 21.7. The molecule has 0 atom stereocenters. The summed E-state index contributed by atoms with van der Waals surface area (Å²) >= 11 is 0. The molecule has 1 N–H and O–H groups in total. The van der Waals surface area contributed by atoms with E-state index in [2.05, 4.69) is 9.82 Å². The zero-order chi connectivity index (χ0) is 14.8. The van der Waals surface area contributed by atoms with E-state index >= 15 is 0 Å². The summed E-state index contributed by atoms with van der Waals surface area (Å²) in [5.41, 5.74) is 0.131. The van der Waals surface area contributed by atoms with Crippen LogP contribution < -0.4 is 4.72 Å². The molecular weight excluding hydrogens is 278 g/mol. The maximum atomic E-state index is 12.3. The van der Waals surface area contributed by atoms with Gasteiger partial charge in [-0.05, 0) is 12.1 Å². The minimum Gasteiger partial charge on any atom is -0.262 e. The third-order valence-electron chi connectivity index (χ3n) is 2.59. The standard InChI is InChI=1S/C12H9N5O2S/c1-17-12(10(7-14)8-15-17)16-20(18,19)11-5-3-2-4-9(11)6-13/h2-5,8,16H,1H3. The number of nitrogens with zero attached hydrogens (tertiary/aromatic N) is 4. The Morgan fingerprint density at radius 2 is 1.85 bits per heavy atom. The van der Waals surface area contributed by atoms with E-state index in [0.29, 0.717) is 0 Å². The first-order valence-corrected chi connectivity index (χ1v) is 6.92. The minimum absolute atomic E-state index is 0.0284. The van der Waals surface area contributed by atoms with E-state index in [1.807, 2.05) is 12.1 Å². The number of rotatable bonds is 3. The van der Waals surface area contributed by atoms with Crippen molar-refractivity contribution in [2.24, 2.45) is 7.05 Å². The molecule has 1 heterocycles. The molecule has 0 unspecified atom stereocenters. The molecule has 1 aromatic heterocycles. The van der Waals surface area contributed by atoms with Gasteiger partial charge in [0.15, 0.2) is 5.82 Å². The molecule has 0 saturated carbocycles. The van der Waals surface area contributed by atoms with Gasteiger partial charge >= 0.3 is 0 Å². The number of hydrogen-bond donors (Lipinski definition) is 1. The van der Waals surface area contributed by atoms with E-state index in [1.165, 1.54) is 36.1 Å². The summed E-state index contributed by atoms with van der Waals surface area (Å²) in [5.74, 6) is 0.0558. The van der Waals surface area contributed by atoms with Gasteiger partial charge in [-0.15, -0.1) is 0 Å². The molecule has 0 aliphatic rings. The van der Waals surface area contributed by atoms with E-state index in [0.717, 1.165) is 0 Å². The molecule has 0 radical (unpaired) electrons. The van der Waals surface area contributed by atoms with Crippen LogP contribution in [0.5, 0.6) is 0 Å². The third-order valence-corrected chi connectivity index (χ3v) is 3.98. The van der Waals surface area contributed by atoms with Crippen molar-refractivity contribution < 1.29 is 8.42 Å². The molecule has 0 amide bonds. The monoisotopic (exact) mass is 287 g/mol. The smallest absolute Gasteiger partial charge is 0.262 e. The van der Waals surface area contributed by atoms with Crippen LogP contribution in [0.4, 0.5) is 5.82 Å². The summed E-state index contributed by atoms with van der Waals surface area (Å²) < 4.78 is 28.1. The van der Waals surface area contributed by atoms with Gasteiger partial charge in [0.25, 0.3) is 10.0 Å². The Labute approximate surface area is 115 Å². The van der Waals surface area contributed by atoms with Gasteiger partial charge < -0.3 is 0 Å². The second-order valence-corrected chi connectivity index (χ2v) is 5.51. The number of aryl methyl sites for hydroxylation is 1. The molecule has 2 aromatic rings. The summed E-state index contributed by atoms with van der Waals surface area (Å²) in [6.45, 7) is 0. The molecule has 8 heteroatoms. The number of nitriles is 2. The van der Waals surface area contributed by atoms with Crippen LogP contribution in [0.3, 0.4) is 0 Å². The fourth-order valence-electron chi connectivity index (χ4n) is 1.62. The SMILES string of the molecule is Cn1ncc(C#N)c1NS(=O)(=O)c1ccccc1C#N. The normalized spacial score (nSPS) is 10.6. The van der Waals surface area contributed by atoms with Crippen LogP contribution in [0, 0.1) is 22.7 Å². The van der Waals surface area contributed by atoms with Gasteiger partial charge in [-0.1, -0.05) is 12.1 Å². The second kappa shape index (κ2) is 5.03. The van der Waals surface area contributed by atoms with Crippen molar-refractivity contribution in [2.45, 2.75) is 4.90 Å². The van der Waals surface area contributed by atoms with E-state index in [4.69, 9.17) is 10.5 Å². The number of benzene rings is 1. The fraction of sp³-hybridized carbons (Fsp3) is 0.0833. The molecule has 0 bridgehead atoms. The first-order valence-electron chi connectivity index (χ1n) is 5.43. The van der Waals surface area contributed by atoms with Gasteiger partial charge in [-0.2, -0.15) is 15.6 Å². The predicted molar refractivity (Wildman–Crippen MR) is 69.9 cm³/mol. The average Bonchev–Trinajstić information content (AvgIpc) is 2.79. The quantitative estimate of drug-likeness (QED) is 0.903. The van der Waals surface area contributed by atoms with Gasteiger partial charge in [-0.25, -0.2) is 8.42 Å². The lowest BCUT2D eigenvalue weighted by Gasteiger charge is -2.09. The summed E-state index contributed by atoms with van der Waals surface area (Å²) in [4.78, 5) is -0.146. The number of nitrogens with one attached hydrogen (secondary N) is 1. The third kappa shape index (κ3) is 2.32. The molecule has 100 valence electrons. The minimum atomic E-state index is -3.97. The van der Waals surface area contributed by atoms with Crippen molar-refractivity contribution in [1.29, 1.82) is 10.5 Å². The second-order valence-electron chi connectivity index (χ2n) is 3.86. The van der Waals surface area contributed by atoms with Crippen LogP contribution in [-0.2, 0) is 17.1 Å². The highest BCUT2D eigenvalue weighted by Gasteiger charge is 2.21. The van der Waals surface area contributed by atoms with E-state index < -0.39 is 10.0 Å². The van der Waals surface area contributed by atoms with Gasteiger partial charge in [0.05, 0.1) is 11.8 Å². The van der Waals surface area contributed by atoms with Crippen LogP contribution in [-0.4, -0.2) is 18.2 Å². The first kappa shape index (κ1) is 13.6. The van der Waals surface area contributed by atoms with Crippen molar-refractivity contribution in [3.05, 3.63) is 41.6 Å². The summed E-state index contributed by atoms with van der Waals surface area (Å²) in [6.07, 6.45) is 1.26. The highest BCUT2D eigenvalue weighted by molar-refractivity contribution is 7.92. The summed E-state index contributed by atoms with van der Waals surface area (Å²) in [6, 6.07) is 9.48. The first-order chi connectivity index (χ1) is 9.49. The Balaban J connectivity index is 2.50. The molecule has 20 heavy (non-hydrogen) atoms. The zero-order valence-corrected chi connectivity index (χ0v) is 11.2. The topological polar surface area (TPSA) is 112 Å². The van der Waals surface area contributed by atoms with E-state index in [9.17, 15) is 8.42 Å². The van der Waals surface area contributed by atoms with Crippen LogP contribution in [0.1, 0.15) is 11.1 Å². The molecule has 0 aliphatic carbocycles. The van der Waals surface area contributed by atoms with Crippen molar-refractivity contribution in [1.82, 2.24) is 9.78 Å². The van der Waals surface area contributed by atoms with Crippen molar-refractivity contribution in [3.8, 4) is 12.1 Å². The predicted octanol–water partition coefficient (Wildman–Crippen LogP) is 0.964. The number of anilines is 1. The zero-order valence-electron chi connectivity index (χ0n) is 10.4. The largest absolute Gasteiger partial charge is 0.264 e. The van der Waals surface area contributed by atoms with Gasteiger partial charge in [0, 0.05) is 7.05 Å². The molecule has 7 nitrogen and oxygen atoms in total. The lowest BCUT2D eigenvalue weighted by Crippen LogP contribution is -2.17. The molecule has 0 spiro atoms. The highest BCUT2D eigenvalue weighted by atomic mass is 32.2. The van der Waals surface area contributed by atoms with Crippen LogP contribution in [0.25, 0.3) is 0 Å². The van der Waals surface area contributed by atoms with Crippen molar-refractivity contribution in [3.63, 3.8) is 0 Å². The Hall–Kier alpha value is -2.84. The van der Waals surface area contributed by atoms with E-state index in [1.54, 1.807) is 6.07 Å². The highest BCUT2D eigenvalue weighted by Crippen LogP contribution is 2.21. The van der Waals surface area contributed by atoms with Crippen molar-refractivity contribution >= 4 is 15.8 Å². The van der Waals surface area contributed by atoms with Gasteiger partial charge in [0.2, 0.25) is 0 Å². The van der Waals surface area contributed by atoms with Crippen LogP contribution in [0.2, 0.25) is 0 Å². The number of sulfonamides is 1. The Morgan fingerprint density at radius 3 is 2.50 bits per heavy atom. The Morgan fingerprint density at radius 1 is 1.20 bits per heavy atom. The van der Waals surface area contributed by atoms with Crippen LogP contribution in [0.15, 0.2) is 35.4 Å². The summed E-state index contributed by atoms with van der Waals surface area (Å²) in [7, 11) is -2.46. The maximum Gasteiger partial charge on any atom is 0.264 e. The molecule has 0 aliphatic heterocycles. The lowest BCUT2D eigenvalue weighted by molar-refractivity contribution is 0.600. The maximum absolute atomic E-state index is 12.3. The van der Waals surface area contributed by atoms with E-state index in [-0.39, 0.29) is 21.8 Å². The fourth-order valence-corrected chi connectivity index (χ4v) is 2.88. The molecule has 1 aromatic carbocycles. The molecule has 0 saturated heterocycles.